The second-order valence-corrected chi connectivity index (χ2v) is 13.2. The number of nitrogens with zero attached hydrogens (tertiary/aromatic N) is 1. The first-order valence-corrected chi connectivity index (χ1v) is 16.0. The fraction of sp³-hybridized carbons (Fsp3) is 0.636. The van der Waals surface area contributed by atoms with Gasteiger partial charge in [0.15, 0.2) is 0 Å². The van der Waals surface area contributed by atoms with Gasteiger partial charge >= 0.3 is 12.0 Å². The summed E-state index contributed by atoms with van der Waals surface area (Å²) in [6, 6.07) is 5.45. The molecule has 1 aromatic carbocycles. The van der Waals surface area contributed by atoms with Crippen molar-refractivity contribution < 1.29 is 33.5 Å². The number of Topliss-reactive ketones (excluding diaryl/α,β-unsaturated/α-hetero) is 1. The number of ether oxygens (including phenoxy) is 1. The molecule has 4 rings (SSSR count). The van der Waals surface area contributed by atoms with E-state index in [-0.39, 0.29) is 19.1 Å². The topological polar surface area (TPSA) is 177 Å². The van der Waals surface area contributed by atoms with Crippen LogP contribution in [0.4, 0.5) is 4.79 Å². The third kappa shape index (κ3) is 11.2. The van der Waals surface area contributed by atoms with Gasteiger partial charge in [-0.05, 0) is 36.2 Å². The smallest absolute Gasteiger partial charge is 0.325 e. The summed E-state index contributed by atoms with van der Waals surface area (Å²) in [4.78, 5) is 77.1. The second-order valence-electron chi connectivity index (χ2n) is 13.2. The molecule has 1 aromatic rings. The number of carbonyl (C=O) groups excluding carboxylic acids is 6. The van der Waals surface area contributed by atoms with E-state index in [0.29, 0.717) is 19.3 Å². The summed E-state index contributed by atoms with van der Waals surface area (Å²) in [6.07, 6.45) is 10.1. The molecule has 0 spiro atoms. The van der Waals surface area contributed by atoms with Crippen molar-refractivity contribution in [1.29, 1.82) is 0 Å². The molecule has 0 aromatic heterocycles. The predicted molar refractivity (Wildman–Crippen MR) is 167 cm³/mol. The first-order chi connectivity index (χ1) is 21.4. The number of esters is 1. The van der Waals surface area contributed by atoms with E-state index in [1.54, 1.807) is 20.8 Å². The number of nitrogens with one attached hydrogen (secondary N) is 3. The van der Waals surface area contributed by atoms with E-state index >= 15 is 0 Å². The minimum atomic E-state index is -1.11. The Bertz CT molecular complexity index is 1190. The maximum atomic E-state index is 13.7. The number of ketones is 1. The van der Waals surface area contributed by atoms with Crippen molar-refractivity contribution in [3.63, 3.8) is 0 Å². The summed E-state index contributed by atoms with van der Waals surface area (Å²) in [6.45, 7) is 5.28. The zero-order valence-electron chi connectivity index (χ0n) is 26.8. The quantitative estimate of drug-likeness (QED) is 0.203. The number of nitrogens with two attached hydrogens (primary N) is 1. The van der Waals surface area contributed by atoms with Gasteiger partial charge in [0, 0.05) is 6.54 Å². The molecule has 2 aliphatic carbocycles. The van der Waals surface area contributed by atoms with Gasteiger partial charge in [-0.15, -0.1) is 0 Å². The van der Waals surface area contributed by atoms with Crippen LogP contribution in [0.5, 0.6) is 0 Å². The van der Waals surface area contributed by atoms with Crippen LogP contribution in [0, 0.1) is 11.3 Å². The lowest BCUT2D eigenvalue weighted by atomic mass is 9.80. The van der Waals surface area contributed by atoms with Crippen molar-refractivity contribution in [1.82, 2.24) is 20.9 Å². The van der Waals surface area contributed by atoms with E-state index in [0.717, 1.165) is 24.8 Å². The molecule has 45 heavy (non-hydrogen) atoms. The summed E-state index contributed by atoms with van der Waals surface area (Å²) in [5, 5.41) is 7.73. The molecule has 248 valence electrons. The Morgan fingerprint density at radius 2 is 1.56 bits per heavy atom. The summed E-state index contributed by atoms with van der Waals surface area (Å²) in [5.74, 6) is -3.37. The van der Waals surface area contributed by atoms with E-state index < -0.39 is 65.6 Å². The molecule has 12 nitrogen and oxygen atoms in total. The maximum absolute atomic E-state index is 13.7. The Hall–Kier alpha value is -3.96. The fourth-order valence-corrected chi connectivity index (χ4v) is 5.22. The number of rotatable bonds is 12. The van der Waals surface area contributed by atoms with Crippen LogP contribution in [0.15, 0.2) is 30.3 Å². The summed E-state index contributed by atoms with van der Waals surface area (Å²) in [5.41, 5.74) is 5.29. The summed E-state index contributed by atoms with van der Waals surface area (Å²) in [7, 11) is 0. The van der Waals surface area contributed by atoms with Crippen molar-refractivity contribution in [2.45, 2.75) is 110 Å². The lowest BCUT2D eigenvalue weighted by Gasteiger charge is -2.36. The van der Waals surface area contributed by atoms with Crippen molar-refractivity contribution in [3.05, 3.63) is 35.9 Å². The molecule has 3 fully saturated rings. The molecular weight excluding hydrogens is 578 g/mol. The highest BCUT2D eigenvalue weighted by molar-refractivity contribution is 6.37. The number of carbonyl (C=O) groups is 6. The Morgan fingerprint density at radius 3 is 2.09 bits per heavy atom. The Kier molecular flexibility index (Phi) is 13.4. The largest absolute Gasteiger partial charge is 0.460 e. The molecule has 3 unspecified atom stereocenters. The predicted octanol–water partition coefficient (Wildman–Crippen LogP) is 2.72. The summed E-state index contributed by atoms with van der Waals surface area (Å²) < 4.78 is 5.16. The number of likely N-dealkylation sites (tertiary alicyclic amines) is 1. The second kappa shape index (κ2) is 16.9. The van der Waals surface area contributed by atoms with Crippen molar-refractivity contribution in [2.24, 2.45) is 17.1 Å². The third-order valence-electron chi connectivity index (χ3n) is 8.53. The van der Waals surface area contributed by atoms with Gasteiger partial charge in [0.05, 0.1) is 6.04 Å². The lowest BCUT2D eigenvalue weighted by Crippen LogP contribution is -2.60. The number of primary amides is 1. The number of hydrogen-bond acceptors (Lipinski definition) is 7. The van der Waals surface area contributed by atoms with E-state index in [9.17, 15) is 28.8 Å². The van der Waals surface area contributed by atoms with Gasteiger partial charge in [-0.25, -0.2) is 4.79 Å². The molecule has 1 saturated heterocycles. The van der Waals surface area contributed by atoms with Crippen LogP contribution in [-0.2, 0) is 35.3 Å². The normalized spacial score (nSPS) is 18.9. The van der Waals surface area contributed by atoms with Gasteiger partial charge < -0.3 is 31.3 Å². The minimum absolute atomic E-state index is 0.0665. The average Bonchev–Trinajstić information content (AvgIpc) is 3.43. The average molecular weight is 628 g/mol. The molecule has 5 N–H and O–H groups in total. The van der Waals surface area contributed by atoms with Crippen LogP contribution >= 0.6 is 0 Å². The Labute approximate surface area is 265 Å². The highest BCUT2D eigenvalue weighted by Crippen LogP contribution is 2.31. The van der Waals surface area contributed by atoms with E-state index in [1.165, 1.54) is 30.6 Å². The molecule has 0 radical (unpaired) electrons. The Morgan fingerprint density at radius 1 is 0.911 bits per heavy atom. The van der Waals surface area contributed by atoms with Gasteiger partial charge in [0.25, 0.3) is 5.91 Å². The molecule has 3 atom stereocenters. The van der Waals surface area contributed by atoms with Crippen molar-refractivity contribution >= 4 is 35.5 Å². The van der Waals surface area contributed by atoms with Crippen LogP contribution in [0.1, 0.15) is 90.5 Å². The molecule has 12 heteroatoms. The first kappa shape index (κ1) is 35.5. The van der Waals surface area contributed by atoms with Gasteiger partial charge in [0.2, 0.25) is 17.6 Å². The van der Waals surface area contributed by atoms with Crippen LogP contribution in [-0.4, -0.2) is 71.6 Å². The number of benzene rings is 1. The lowest BCUT2D eigenvalue weighted by molar-refractivity contribution is -0.143. The molecule has 0 bridgehead atoms. The fourth-order valence-electron chi connectivity index (χ4n) is 5.22. The zero-order valence-corrected chi connectivity index (χ0v) is 26.8. The molecule has 3 aliphatic rings. The van der Waals surface area contributed by atoms with Gasteiger partial charge in [-0.2, -0.15) is 0 Å². The SMILES string of the molecule is C1CCC1.CC(C)(C)C(NC(=O)NCC(=O)OCc1ccccc1)C(=O)N1CCCC1C(=O)NC(CC1CCC1)C(=O)C(N)=O. The third-order valence-corrected chi connectivity index (χ3v) is 8.53. The van der Waals surface area contributed by atoms with Crippen LogP contribution in [0.2, 0.25) is 0 Å². The van der Waals surface area contributed by atoms with E-state index in [1.807, 2.05) is 30.3 Å². The maximum Gasteiger partial charge on any atom is 0.325 e. The zero-order chi connectivity index (χ0) is 33.0. The minimum Gasteiger partial charge on any atom is -0.460 e. The van der Waals surface area contributed by atoms with Gasteiger partial charge in [-0.1, -0.05) is 96.0 Å². The number of amides is 5. The van der Waals surface area contributed by atoms with Crippen LogP contribution in [0.25, 0.3) is 0 Å². The first-order valence-electron chi connectivity index (χ1n) is 16.0. The molecule has 2 saturated carbocycles. The van der Waals surface area contributed by atoms with E-state index in [2.05, 4.69) is 16.0 Å². The van der Waals surface area contributed by atoms with Gasteiger partial charge in [-0.3, -0.25) is 24.0 Å². The number of hydrogen-bond donors (Lipinski definition) is 4. The molecule has 5 amide bonds. The standard InChI is InChI=1S/C29H41N5O7.C4H8/c1-29(2,3)24(33-28(40)31-16-22(35)41-17-19-9-5-4-6-10-19)27(39)34-14-8-13-21(34)26(38)32-20(23(36)25(30)37)15-18-11-7-12-18;1-2-4-3-1/h4-6,9-10,18,20-21,24H,7-8,11-17H2,1-3H3,(H2,30,37)(H,32,38)(H2,31,33,40);1-4H2. The number of urea groups is 1. The van der Waals surface area contributed by atoms with E-state index in [4.69, 9.17) is 10.5 Å². The summed E-state index contributed by atoms with van der Waals surface area (Å²) >= 11 is 0. The highest BCUT2D eigenvalue weighted by atomic mass is 16.5. The van der Waals surface area contributed by atoms with Crippen molar-refractivity contribution in [2.75, 3.05) is 13.1 Å². The monoisotopic (exact) mass is 627 g/mol. The van der Waals surface area contributed by atoms with Gasteiger partial charge in [0.1, 0.15) is 25.2 Å². The molecule has 1 aliphatic heterocycles. The Balaban J connectivity index is 0.00000127. The van der Waals surface area contributed by atoms with Crippen LogP contribution < -0.4 is 21.7 Å². The van der Waals surface area contributed by atoms with Crippen LogP contribution in [0.3, 0.4) is 0 Å². The highest BCUT2D eigenvalue weighted by Gasteiger charge is 2.43. The molecular formula is C33H49N5O7. The molecule has 1 heterocycles. The van der Waals surface area contributed by atoms with Crippen molar-refractivity contribution in [3.8, 4) is 0 Å².